The molecular weight excluding hydrogens is 274 g/mol. The van der Waals surface area contributed by atoms with Crippen LogP contribution in [0.3, 0.4) is 0 Å². The molecule has 1 amide bonds. The van der Waals surface area contributed by atoms with Gasteiger partial charge >= 0.3 is 5.69 Å². The molecule has 0 saturated heterocycles. The van der Waals surface area contributed by atoms with E-state index in [4.69, 9.17) is 0 Å². The van der Waals surface area contributed by atoms with E-state index in [1.54, 1.807) is 20.0 Å². The molecule has 0 aromatic carbocycles. The Balaban J connectivity index is 2.07. The summed E-state index contributed by atoms with van der Waals surface area (Å²) in [6.45, 7) is 5.06. The van der Waals surface area contributed by atoms with Crippen LogP contribution in [-0.2, 0) is 11.3 Å². The molecule has 8 nitrogen and oxygen atoms in total. The van der Waals surface area contributed by atoms with Crippen molar-refractivity contribution in [3.63, 3.8) is 0 Å². The molecule has 0 aliphatic heterocycles. The summed E-state index contributed by atoms with van der Waals surface area (Å²) in [6.07, 6.45) is 3.04. The maximum absolute atomic E-state index is 11.9. The van der Waals surface area contributed by atoms with Gasteiger partial charge in [-0.3, -0.25) is 19.1 Å². The molecule has 0 aliphatic rings. The fourth-order valence-electron chi connectivity index (χ4n) is 1.90. The monoisotopic (exact) mass is 291 g/mol. The lowest BCUT2D eigenvalue weighted by Crippen LogP contribution is -2.37. The number of carbonyl (C=O) groups excluding carboxylic acids is 1. The fourth-order valence-corrected chi connectivity index (χ4v) is 1.90. The molecule has 2 heterocycles. The zero-order valence-electron chi connectivity index (χ0n) is 12.1. The van der Waals surface area contributed by atoms with E-state index in [1.807, 2.05) is 6.92 Å². The summed E-state index contributed by atoms with van der Waals surface area (Å²) in [4.78, 5) is 44.1. The number of carbonyl (C=O) groups is 1. The molecular formula is C13H17N5O3. The lowest BCUT2D eigenvalue weighted by molar-refractivity contribution is -0.122. The molecule has 0 spiro atoms. The standard InChI is InChI=1S/C13H17N5O3/c1-7-5-18(13(21)17-12(7)20)6-10(19)16-9(3)11-14-4-8(2)15-11/h4-5,9H,6H2,1-3H3,(H,14,15)(H,16,19)(H,17,20,21). The van der Waals surface area contributed by atoms with Crippen molar-refractivity contribution < 1.29 is 4.79 Å². The molecule has 8 heteroatoms. The van der Waals surface area contributed by atoms with Crippen molar-refractivity contribution in [3.8, 4) is 0 Å². The Morgan fingerprint density at radius 2 is 2.10 bits per heavy atom. The zero-order valence-corrected chi connectivity index (χ0v) is 12.1. The van der Waals surface area contributed by atoms with Gasteiger partial charge in [-0.1, -0.05) is 0 Å². The third-order valence-electron chi connectivity index (χ3n) is 3.01. The van der Waals surface area contributed by atoms with Crippen LogP contribution in [0.2, 0.25) is 0 Å². The molecule has 1 unspecified atom stereocenters. The number of aromatic nitrogens is 4. The molecule has 1 atom stereocenters. The Labute approximate surface area is 120 Å². The quantitative estimate of drug-likeness (QED) is 0.721. The van der Waals surface area contributed by atoms with Crippen molar-refractivity contribution in [3.05, 3.63) is 50.3 Å². The fraction of sp³-hybridized carbons (Fsp3) is 0.385. The summed E-state index contributed by atoms with van der Waals surface area (Å²) in [7, 11) is 0. The summed E-state index contributed by atoms with van der Waals surface area (Å²) >= 11 is 0. The van der Waals surface area contributed by atoms with Crippen LogP contribution in [0, 0.1) is 13.8 Å². The van der Waals surface area contributed by atoms with Crippen LogP contribution < -0.4 is 16.6 Å². The van der Waals surface area contributed by atoms with Crippen LogP contribution in [0.15, 0.2) is 22.0 Å². The minimum atomic E-state index is -0.609. The number of nitrogens with zero attached hydrogens (tertiary/aromatic N) is 2. The lowest BCUT2D eigenvalue weighted by Gasteiger charge is -2.12. The van der Waals surface area contributed by atoms with E-state index in [1.165, 1.54) is 6.20 Å². The summed E-state index contributed by atoms with van der Waals surface area (Å²) < 4.78 is 1.16. The van der Waals surface area contributed by atoms with Gasteiger partial charge in [-0.15, -0.1) is 0 Å². The van der Waals surface area contributed by atoms with Gasteiger partial charge in [-0.25, -0.2) is 9.78 Å². The number of hydrogen-bond donors (Lipinski definition) is 3. The molecule has 2 aromatic rings. The highest BCUT2D eigenvalue weighted by Crippen LogP contribution is 2.07. The summed E-state index contributed by atoms with van der Waals surface area (Å²) in [6, 6.07) is -0.300. The molecule has 0 radical (unpaired) electrons. The number of nitrogens with one attached hydrogen (secondary N) is 3. The first-order valence-corrected chi connectivity index (χ1v) is 6.48. The highest BCUT2D eigenvalue weighted by Gasteiger charge is 2.13. The normalized spacial score (nSPS) is 12.1. The second-order valence-corrected chi connectivity index (χ2v) is 4.94. The molecule has 0 bridgehead atoms. The number of aromatic amines is 2. The lowest BCUT2D eigenvalue weighted by atomic mass is 10.3. The number of aryl methyl sites for hydroxylation is 2. The van der Waals surface area contributed by atoms with Crippen LogP contribution in [-0.4, -0.2) is 25.4 Å². The van der Waals surface area contributed by atoms with Gasteiger partial charge in [-0.2, -0.15) is 0 Å². The first-order valence-electron chi connectivity index (χ1n) is 6.48. The van der Waals surface area contributed by atoms with Crippen molar-refractivity contribution in [2.75, 3.05) is 0 Å². The van der Waals surface area contributed by atoms with E-state index in [2.05, 4.69) is 20.3 Å². The number of rotatable bonds is 4. The van der Waals surface area contributed by atoms with Gasteiger partial charge in [0, 0.05) is 23.7 Å². The molecule has 0 saturated carbocycles. The highest BCUT2D eigenvalue weighted by atomic mass is 16.2. The van der Waals surface area contributed by atoms with E-state index in [0.29, 0.717) is 11.4 Å². The van der Waals surface area contributed by atoms with Crippen molar-refractivity contribution >= 4 is 5.91 Å². The third kappa shape index (κ3) is 3.47. The maximum atomic E-state index is 11.9. The molecule has 21 heavy (non-hydrogen) atoms. The number of H-pyrrole nitrogens is 2. The number of hydrogen-bond acceptors (Lipinski definition) is 4. The third-order valence-corrected chi connectivity index (χ3v) is 3.01. The average Bonchev–Trinajstić information content (AvgIpc) is 2.82. The van der Waals surface area contributed by atoms with Crippen LogP contribution >= 0.6 is 0 Å². The second-order valence-electron chi connectivity index (χ2n) is 4.94. The minimum absolute atomic E-state index is 0.166. The van der Waals surface area contributed by atoms with E-state index < -0.39 is 11.2 Å². The smallest absolute Gasteiger partial charge is 0.328 e. The van der Waals surface area contributed by atoms with Crippen molar-refractivity contribution in [1.82, 2.24) is 24.8 Å². The van der Waals surface area contributed by atoms with Gasteiger partial charge in [0.15, 0.2) is 0 Å². The van der Waals surface area contributed by atoms with Crippen molar-refractivity contribution in [2.24, 2.45) is 0 Å². The van der Waals surface area contributed by atoms with Gasteiger partial charge < -0.3 is 10.3 Å². The van der Waals surface area contributed by atoms with E-state index in [9.17, 15) is 14.4 Å². The van der Waals surface area contributed by atoms with E-state index >= 15 is 0 Å². The predicted octanol–water partition coefficient (Wildman–Crippen LogP) is -0.246. The van der Waals surface area contributed by atoms with Crippen molar-refractivity contribution in [1.29, 1.82) is 0 Å². The Hall–Kier alpha value is -2.64. The highest BCUT2D eigenvalue weighted by molar-refractivity contribution is 5.76. The Morgan fingerprint density at radius 1 is 1.38 bits per heavy atom. The second kappa shape index (κ2) is 5.78. The number of imidazole rings is 1. The van der Waals surface area contributed by atoms with Gasteiger partial charge in [0.25, 0.3) is 5.56 Å². The molecule has 0 aliphatic carbocycles. The molecule has 2 rings (SSSR count). The molecule has 3 N–H and O–H groups in total. The van der Waals surface area contributed by atoms with E-state index in [0.717, 1.165) is 10.3 Å². The molecule has 2 aromatic heterocycles. The summed E-state index contributed by atoms with van der Waals surface area (Å²) in [5.41, 5.74) is 0.217. The van der Waals surface area contributed by atoms with Gasteiger partial charge in [0.1, 0.15) is 12.4 Å². The first kappa shape index (κ1) is 14.8. The van der Waals surface area contributed by atoms with Gasteiger partial charge in [0.05, 0.1) is 6.04 Å². The molecule has 112 valence electrons. The minimum Gasteiger partial charge on any atom is -0.345 e. The van der Waals surface area contributed by atoms with Crippen molar-refractivity contribution in [2.45, 2.75) is 33.4 Å². The van der Waals surface area contributed by atoms with Crippen LogP contribution in [0.5, 0.6) is 0 Å². The topological polar surface area (TPSA) is 113 Å². The number of amides is 1. The van der Waals surface area contributed by atoms with Gasteiger partial charge in [0.2, 0.25) is 5.91 Å². The van der Waals surface area contributed by atoms with Crippen LogP contribution in [0.1, 0.15) is 30.0 Å². The molecule has 0 fully saturated rings. The summed E-state index contributed by atoms with van der Waals surface area (Å²) in [5.74, 6) is 0.302. The van der Waals surface area contributed by atoms with Crippen LogP contribution in [0.25, 0.3) is 0 Å². The van der Waals surface area contributed by atoms with E-state index in [-0.39, 0.29) is 18.5 Å². The largest absolute Gasteiger partial charge is 0.345 e. The first-order chi connectivity index (χ1) is 9.86. The summed E-state index contributed by atoms with van der Waals surface area (Å²) in [5, 5.41) is 2.73. The predicted molar refractivity (Wildman–Crippen MR) is 75.9 cm³/mol. The zero-order chi connectivity index (χ0) is 15.6. The Kier molecular flexibility index (Phi) is 4.06. The maximum Gasteiger partial charge on any atom is 0.328 e. The SMILES string of the molecule is Cc1cnc(C(C)NC(=O)Cn2cc(C)c(=O)[nH]c2=O)[nH]1. The Bertz CT molecular complexity index is 771. The van der Waals surface area contributed by atoms with Gasteiger partial charge in [-0.05, 0) is 20.8 Å². The average molecular weight is 291 g/mol. The Morgan fingerprint density at radius 3 is 2.71 bits per heavy atom. The van der Waals surface area contributed by atoms with Crippen LogP contribution in [0.4, 0.5) is 0 Å².